The summed E-state index contributed by atoms with van der Waals surface area (Å²) in [5.74, 6) is 0.469. The van der Waals surface area contributed by atoms with Crippen LogP contribution < -0.4 is 30.4 Å². The van der Waals surface area contributed by atoms with Crippen LogP contribution >= 0.6 is 34.8 Å². The predicted molar refractivity (Wildman–Crippen MR) is 212 cm³/mol. The van der Waals surface area contributed by atoms with Gasteiger partial charge in [-0.25, -0.2) is 0 Å². The number of aliphatic hydroxyl groups excluding tert-OH is 1. The minimum atomic E-state index is -3.24. The van der Waals surface area contributed by atoms with E-state index in [1.807, 2.05) is 103 Å². The third-order valence-electron chi connectivity index (χ3n) is 8.76. The molecule has 0 aliphatic rings. The van der Waals surface area contributed by atoms with Crippen LogP contribution in [0.2, 0.25) is 0 Å². The van der Waals surface area contributed by atoms with Crippen LogP contribution in [0.1, 0.15) is 11.1 Å². The van der Waals surface area contributed by atoms with E-state index in [0.717, 1.165) is 26.7 Å². The molecule has 12 heteroatoms. The smallest absolute Gasteiger partial charge is 0.288 e. The number of carbonyl (C=O) groups excluding carboxylic acids is 1. The van der Waals surface area contributed by atoms with Crippen molar-refractivity contribution in [2.75, 3.05) is 27.4 Å². The molecule has 278 valence electrons. The fourth-order valence-corrected chi connectivity index (χ4v) is 10.1. The van der Waals surface area contributed by atoms with Gasteiger partial charge in [-0.05, 0) is 51.0 Å². The highest BCUT2D eigenvalue weighted by Crippen LogP contribution is 2.27. The number of amides is 1. The second kappa shape index (κ2) is 19.4. The van der Waals surface area contributed by atoms with Crippen LogP contribution in [-0.4, -0.2) is 68.8 Å². The summed E-state index contributed by atoms with van der Waals surface area (Å²) in [4.78, 5) is 13.1. The summed E-state index contributed by atoms with van der Waals surface area (Å²) < 4.78 is 29.0. The standard InChI is InChI=1S/C41H42Cl3NO7Si/c1-48-32-22-18-30(19-23-32)27-50-38(39(37(26-46)45-40(47)41(42,43)44)51-28-31-20-24-33(49-2)25-21-31)29-52-53(34-12-6-3-7-13-34,35-14-8-4-9-15-35)36-16-10-5-11-17-36/h3-25,37-39,46H,26-29H2,1-2H3,(H,45,47)/t37-,38+,39+/m0/s1. The molecule has 3 atom stereocenters. The molecule has 2 N–H and O–H groups in total. The maximum atomic E-state index is 13.1. The summed E-state index contributed by atoms with van der Waals surface area (Å²) in [5.41, 5.74) is 1.67. The number of halogens is 3. The molecule has 0 spiro atoms. The van der Waals surface area contributed by atoms with E-state index in [1.54, 1.807) is 14.2 Å². The van der Waals surface area contributed by atoms with Crippen LogP contribution in [0.25, 0.3) is 0 Å². The molecule has 0 heterocycles. The van der Waals surface area contributed by atoms with Gasteiger partial charge in [0.25, 0.3) is 18.0 Å². The molecule has 8 nitrogen and oxygen atoms in total. The predicted octanol–water partition coefficient (Wildman–Crippen LogP) is 5.71. The Hall–Kier alpha value is -3.90. The first-order valence-corrected chi connectivity index (χ1v) is 20.0. The first-order valence-electron chi connectivity index (χ1n) is 17.0. The molecular weight excluding hydrogens is 753 g/mol. The van der Waals surface area contributed by atoms with Gasteiger partial charge in [-0.2, -0.15) is 0 Å². The van der Waals surface area contributed by atoms with Gasteiger partial charge < -0.3 is 33.8 Å². The first-order chi connectivity index (χ1) is 25.7. The van der Waals surface area contributed by atoms with E-state index in [0.29, 0.717) is 11.5 Å². The number of ether oxygens (including phenoxy) is 4. The Bertz CT molecular complexity index is 1740. The number of alkyl halides is 3. The van der Waals surface area contributed by atoms with E-state index in [2.05, 4.69) is 41.7 Å². The minimum Gasteiger partial charge on any atom is -0.497 e. The second-order valence-corrected chi connectivity index (χ2v) is 17.8. The number of nitrogens with one attached hydrogen (secondary N) is 1. The highest BCUT2D eigenvalue weighted by atomic mass is 35.6. The Balaban J connectivity index is 1.59. The highest BCUT2D eigenvalue weighted by Gasteiger charge is 2.44. The summed E-state index contributed by atoms with van der Waals surface area (Å²) in [5, 5.41) is 16.5. The van der Waals surface area contributed by atoms with Gasteiger partial charge in [-0.3, -0.25) is 4.79 Å². The fourth-order valence-electron chi connectivity index (χ4n) is 6.02. The molecule has 0 aliphatic carbocycles. The zero-order valence-corrected chi connectivity index (χ0v) is 32.6. The van der Waals surface area contributed by atoms with Crippen molar-refractivity contribution in [1.82, 2.24) is 5.32 Å². The Labute approximate surface area is 326 Å². The number of carbonyl (C=O) groups is 1. The van der Waals surface area contributed by atoms with Crippen LogP contribution in [-0.2, 0) is 31.9 Å². The van der Waals surface area contributed by atoms with Crippen molar-refractivity contribution in [2.45, 2.75) is 35.3 Å². The van der Waals surface area contributed by atoms with Crippen molar-refractivity contribution in [1.29, 1.82) is 0 Å². The first kappa shape index (κ1) is 40.3. The minimum absolute atomic E-state index is 0.00548. The summed E-state index contributed by atoms with van der Waals surface area (Å²) in [6, 6.07) is 44.2. The normalized spacial score (nSPS) is 13.5. The monoisotopic (exact) mass is 793 g/mol. The lowest BCUT2D eigenvalue weighted by Crippen LogP contribution is -2.70. The number of aliphatic hydroxyl groups is 1. The van der Waals surface area contributed by atoms with Gasteiger partial charge in [0.15, 0.2) is 0 Å². The molecule has 0 fully saturated rings. The van der Waals surface area contributed by atoms with Crippen LogP contribution in [0.5, 0.6) is 11.5 Å². The Morgan fingerprint density at radius 2 is 1.08 bits per heavy atom. The molecule has 1 amide bonds. The van der Waals surface area contributed by atoms with Crippen molar-refractivity contribution in [2.24, 2.45) is 0 Å². The molecular formula is C41H42Cl3NO7Si. The Morgan fingerprint density at radius 1 is 0.660 bits per heavy atom. The molecule has 0 bridgehead atoms. The molecule has 0 saturated heterocycles. The lowest BCUT2D eigenvalue weighted by atomic mass is 10.1. The molecule has 0 unspecified atom stereocenters. The average Bonchev–Trinajstić information content (AvgIpc) is 3.20. The third kappa shape index (κ3) is 10.6. The zero-order chi connectivity index (χ0) is 37.7. The Morgan fingerprint density at radius 3 is 1.45 bits per heavy atom. The summed E-state index contributed by atoms with van der Waals surface area (Å²) in [6.45, 7) is -0.321. The van der Waals surface area contributed by atoms with Crippen molar-refractivity contribution < 1.29 is 33.3 Å². The molecule has 0 aliphatic heterocycles. The SMILES string of the molecule is COc1ccc(CO[C@H]([C@H](CO)NC(=O)C(Cl)(Cl)Cl)[C@@H](CO[Si](c2ccccc2)(c2ccccc2)c2ccccc2)OCc2ccc(OC)cc2)cc1. The maximum absolute atomic E-state index is 13.1. The second-order valence-electron chi connectivity index (χ2n) is 12.2. The van der Waals surface area contributed by atoms with Crippen LogP contribution in [0, 0.1) is 0 Å². The van der Waals surface area contributed by atoms with Gasteiger partial charge in [0.05, 0.1) is 46.7 Å². The van der Waals surface area contributed by atoms with E-state index in [-0.39, 0.29) is 19.8 Å². The van der Waals surface area contributed by atoms with E-state index < -0.39 is 42.9 Å². The lowest BCUT2D eigenvalue weighted by molar-refractivity contribution is -0.133. The summed E-state index contributed by atoms with van der Waals surface area (Å²) in [7, 11) is -0.0406. The summed E-state index contributed by atoms with van der Waals surface area (Å²) >= 11 is 18.0. The number of hydrogen-bond acceptors (Lipinski definition) is 7. The van der Waals surface area contributed by atoms with Gasteiger partial charge in [-0.1, -0.05) is 150 Å². The largest absolute Gasteiger partial charge is 0.497 e. The van der Waals surface area contributed by atoms with Crippen molar-refractivity contribution in [3.05, 3.63) is 151 Å². The van der Waals surface area contributed by atoms with E-state index >= 15 is 0 Å². The molecule has 0 radical (unpaired) electrons. The quantitative estimate of drug-likeness (QED) is 0.0668. The Kier molecular flexibility index (Phi) is 14.8. The number of rotatable bonds is 18. The molecule has 5 aromatic carbocycles. The summed E-state index contributed by atoms with van der Waals surface area (Å²) in [6.07, 6.45) is -1.86. The van der Waals surface area contributed by atoms with Crippen LogP contribution in [0.3, 0.4) is 0 Å². The van der Waals surface area contributed by atoms with E-state index in [4.69, 9.17) is 58.2 Å². The van der Waals surface area contributed by atoms with Gasteiger partial charge in [-0.15, -0.1) is 0 Å². The van der Waals surface area contributed by atoms with Gasteiger partial charge >= 0.3 is 0 Å². The highest BCUT2D eigenvalue weighted by molar-refractivity contribution is 7.07. The van der Waals surface area contributed by atoms with Crippen molar-refractivity contribution in [3.8, 4) is 11.5 Å². The topological polar surface area (TPSA) is 95.5 Å². The number of methoxy groups -OCH3 is 2. The zero-order valence-electron chi connectivity index (χ0n) is 29.4. The third-order valence-corrected chi connectivity index (χ3v) is 13.3. The van der Waals surface area contributed by atoms with Crippen molar-refractivity contribution >= 4 is 64.6 Å². The molecule has 53 heavy (non-hydrogen) atoms. The number of benzene rings is 5. The van der Waals surface area contributed by atoms with Gasteiger partial charge in [0.2, 0.25) is 0 Å². The van der Waals surface area contributed by atoms with Crippen molar-refractivity contribution in [3.63, 3.8) is 0 Å². The van der Waals surface area contributed by atoms with Crippen LogP contribution in [0.15, 0.2) is 140 Å². The van der Waals surface area contributed by atoms with Gasteiger partial charge in [0, 0.05) is 0 Å². The number of hydrogen-bond donors (Lipinski definition) is 2. The van der Waals surface area contributed by atoms with Gasteiger partial charge in [0.1, 0.15) is 23.7 Å². The fraction of sp³-hybridized carbons (Fsp3) is 0.244. The molecule has 0 aromatic heterocycles. The maximum Gasteiger partial charge on any atom is 0.288 e. The molecule has 5 aromatic rings. The van der Waals surface area contributed by atoms with Crippen LogP contribution in [0.4, 0.5) is 0 Å². The molecule has 0 saturated carbocycles. The van der Waals surface area contributed by atoms with E-state index in [9.17, 15) is 9.90 Å². The molecule has 5 rings (SSSR count). The van der Waals surface area contributed by atoms with E-state index in [1.165, 1.54) is 0 Å². The lowest BCUT2D eigenvalue weighted by Gasteiger charge is -2.38. The average molecular weight is 795 g/mol.